The summed E-state index contributed by atoms with van der Waals surface area (Å²) in [5.74, 6) is 0. The molecule has 106 valence electrons. The van der Waals surface area contributed by atoms with E-state index in [1.165, 1.54) is 12.8 Å². The Bertz CT molecular complexity index is 105. The first-order valence-electron chi connectivity index (χ1n) is 6.41. The second-order valence-electron chi connectivity index (χ2n) is 3.46. The Hall–Kier alpha value is 0.0900. The Kier molecular flexibility index (Phi) is 54.7. The van der Waals surface area contributed by atoms with Crippen LogP contribution in [-0.2, 0) is 4.65 Å². The van der Waals surface area contributed by atoms with Crippen molar-refractivity contribution in [2.75, 3.05) is 26.3 Å². The molecule has 0 spiro atoms. The van der Waals surface area contributed by atoms with Crippen molar-refractivity contribution in [2.24, 2.45) is 0 Å². The molecular weight excluding hydrogens is 231 g/mol. The maximum absolute atomic E-state index is 7.50. The molecule has 0 aromatic heterocycles. The fourth-order valence-electron chi connectivity index (χ4n) is 0.787. The van der Waals surface area contributed by atoms with Crippen LogP contribution in [0.4, 0.5) is 0 Å². The Morgan fingerprint density at radius 1 is 1.00 bits per heavy atom. The van der Waals surface area contributed by atoms with Crippen LogP contribution in [0, 0.1) is 6.65 Å². The number of hydrogen-bond acceptors (Lipinski definition) is 2. The molecule has 0 saturated heterocycles. The van der Waals surface area contributed by atoms with Crippen molar-refractivity contribution >= 4 is 9.24 Å². The summed E-state index contributed by atoms with van der Waals surface area (Å²) < 4.78 is 7.50. The van der Waals surface area contributed by atoms with Crippen molar-refractivity contribution in [3.63, 3.8) is 0 Å². The molecule has 0 saturated carbocycles. The summed E-state index contributed by atoms with van der Waals surface area (Å²) in [7, 11) is 2.42. The third kappa shape index (κ3) is 63.5. The molecule has 1 unspecified atom stereocenters. The number of hydrogen-bond donors (Lipinski definition) is 2. The van der Waals surface area contributed by atoms with Crippen molar-refractivity contribution < 1.29 is 4.65 Å². The fraction of sp³-hybridized carbons (Fsp3) is 0.923. The van der Waals surface area contributed by atoms with Crippen LogP contribution in [0.2, 0.25) is 0 Å². The van der Waals surface area contributed by atoms with Crippen LogP contribution < -0.4 is 10.6 Å². The monoisotopic (exact) mass is 264 g/mol. The minimum atomic E-state index is 0.653. The molecule has 0 aliphatic carbocycles. The summed E-state index contributed by atoms with van der Waals surface area (Å²) in [5.41, 5.74) is 0. The first-order valence-corrected chi connectivity index (χ1v) is 7.56. The molecule has 0 aromatic carbocycles. The molecule has 4 heteroatoms. The minimum absolute atomic E-state index is 0.653. The normalized spacial score (nSPS) is 7.88. The van der Waals surface area contributed by atoms with Gasteiger partial charge in [-0.05, 0) is 32.5 Å². The van der Waals surface area contributed by atoms with Crippen LogP contribution in [0.15, 0.2) is 0 Å². The van der Waals surface area contributed by atoms with E-state index in [-0.39, 0.29) is 0 Å². The van der Waals surface area contributed by atoms with Gasteiger partial charge in [0.15, 0.2) is 0 Å². The molecule has 0 amide bonds. The maximum atomic E-state index is 7.50. The SMILES string of the molecule is CCCNC(C)C.CCCNCC.CP.[C-]#[O+]. The van der Waals surface area contributed by atoms with Crippen molar-refractivity contribution in [1.29, 1.82) is 0 Å². The molecular formula is C13H33N2OP. The van der Waals surface area contributed by atoms with E-state index in [1.54, 1.807) is 0 Å². The summed E-state index contributed by atoms with van der Waals surface area (Å²) in [5, 5.41) is 6.49. The molecule has 0 aromatic rings. The molecule has 2 N–H and O–H groups in total. The van der Waals surface area contributed by atoms with Crippen molar-refractivity contribution in [3.8, 4) is 0 Å². The van der Waals surface area contributed by atoms with Crippen LogP contribution in [-0.4, -0.2) is 32.3 Å². The van der Waals surface area contributed by atoms with Gasteiger partial charge in [0.2, 0.25) is 0 Å². The van der Waals surface area contributed by atoms with Gasteiger partial charge in [0.1, 0.15) is 0 Å². The number of nitrogens with one attached hydrogen (secondary N) is 2. The molecule has 0 aliphatic rings. The topological polar surface area (TPSA) is 44.0 Å². The van der Waals surface area contributed by atoms with Crippen molar-refractivity contribution in [1.82, 2.24) is 10.6 Å². The van der Waals surface area contributed by atoms with Crippen LogP contribution in [0.3, 0.4) is 0 Å². The molecule has 1 atom stereocenters. The van der Waals surface area contributed by atoms with E-state index < -0.39 is 0 Å². The first-order chi connectivity index (χ1) is 8.18. The van der Waals surface area contributed by atoms with E-state index in [2.05, 4.69) is 61.1 Å². The summed E-state index contributed by atoms with van der Waals surface area (Å²) in [4.78, 5) is 0. The van der Waals surface area contributed by atoms with Gasteiger partial charge < -0.3 is 10.6 Å². The summed E-state index contributed by atoms with van der Waals surface area (Å²) >= 11 is 0. The van der Waals surface area contributed by atoms with Gasteiger partial charge in [-0.1, -0.05) is 41.3 Å². The second-order valence-corrected chi connectivity index (χ2v) is 3.46. The zero-order valence-electron chi connectivity index (χ0n) is 12.6. The average molecular weight is 264 g/mol. The predicted molar refractivity (Wildman–Crippen MR) is 81.8 cm³/mol. The van der Waals surface area contributed by atoms with Crippen LogP contribution >= 0.6 is 9.24 Å². The van der Waals surface area contributed by atoms with E-state index in [0.717, 1.165) is 19.6 Å². The third-order valence-electron chi connectivity index (χ3n) is 1.48. The molecule has 0 aliphatic heterocycles. The van der Waals surface area contributed by atoms with Gasteiger partial charge in [-0.15, -0.1) is 9.24 Å². The second kappa shape index (κ2) is 36.0. The molecule has 3 nitrogen and oxygen atoms in total. The summed E-state index contributed by atoms with van der Waals surface area (Å²) in [6.07, 6.45) is 2.48. The van der Waals surface area contributed by atoms with Gasteiger partial charge >= 0.3 is 11.3 Å². The van der Waals surface area contributed by atoms with Crippen LogP contribution in [0.5, 0.6) is 0 Å². The third-order valence-corrected chi connectivity index (χ3v) is 1.48. The van der Waals surface area contributed by atoms with Gasteiger partial charge in [-0.3, -0.25) is 0 Å². The first kappa shape index (κ1) is 25.8. The van der Waals surface area contributed by atoms with E-state index in [9.17, 15) is 0 Å². The molecule has 0 bridgehead atoms. The van der Waals surface area contributed by atoms with Gasteiger partial charge in [0, 0.05) is 6.04 Å². The summed E-state index contributed by atoms with van der Waals surface area (Å²) in [6.45, 7) is 20.6. The van der Waals surface area contributed by atoms with E-state index >= 15 is 0 Å². The summed E-state index contributed by atoms with van der Waals surface area (Å²) in [6, 6.07) is 0.653. The zero-order chi connectivity index (χ0) is 14.5. The Morgan fingerprint density at radius 2 is 1.41 bits per heavy atom. The van der Waals surface area contributed by atoms with E-state index in [1.807, 2.05) is 6.66 Å². The molecule has 0 fully saturated rings. The number of rotatable bonds is 6. The predicted octanol–water partition coefficient (Wildman–Crippen LogP) is 2.85. The van der Waals surface area contributed by atoms with E-state index in [0.29, 0.717) is 6.04 Å². The van der Waals surface area contributed by atoms with Crippen molar-refractivity contribution in [3.05, 3.63) is 6.65 Å². The Morgan fingerprint density at radius 3 is 1.53 bits per heavy atom. The fourth-order valence-corrected chi connectivity index (χ4v) is 0.787. The van der Waals surface area contributed by atoms with Crippen LogP contribution in [0.1, 0.15) is 47.5 Å². The van der Waals surface area contributed by atoms with Gasteiger partial charge in [0.05, 0.1) is 0 Å². The van der Waals surface area contributed by atoms with Crippen LogP contribution in [0.25, 0.3) is 0 Å². The average Bonchev–Trinajstić information content (AvgIpc) is 2.39. The quantitative estimate of drug-likeness (QED) is 0.335. The molecule has 0 rings (SSSR count). The zero-order valence-corrected chi connectivity index (χ0v) is 13.8. The molecule has 0 heterocycles. The molecule has 0 radical (unpaired) electrons. The van der Waals surface area contributed by atoms with E-state index in [4.69, 9.17) is 4.65 Å². The van der Waals surface area contributed by atoms with Gasteiger partial charge in [-0.2, -0.15) is 0 Å². The standard InChI is InChI=1S/C6H15N.C5H13N.CO.CH5P/c1-4-5-7-6(2)3;1-3-5-6-4-2;2*1-2/h6-7H,4-5H2,1-3H3;6H,3-5H2,1-2H3;;2H2,1H3. The Balaban J connectivity index is -0.0000000772. The molecule has 17 heavy (non-hydrogen) atoms. The Labute approximate surface area is 111 Å². The van der Waals surface area contributed by atoms with Gasteiger partial charge in [0.25, 0.3) is 0 Å². The van der Waals surface area contributed by atoms with Gasteiger partial charge in [-0.25, -0.2) is 0 Å². The van der Waals surface area contributed by atoms with Crippen molar-refractivity contribution in [2.45, 2.75) is 53.5 Å².